The third-order valence-electron chi connectivity index (χ3n) is 4.30. The van der Waals surface area contributed by atoms with E-state index in [1.165, 1.54) is 6.42 Å². The summed E-state index contributed by atoms with van der Waals surface area (Å²) in [6.07, 6.45) is 7.23. The molecule has 3 rings (SSSR count). The third kappa shape index (κ3) is 1.84. The summed E-state index contributed by atoms with van der Waals surface area (Å²) in [7, 11) is 0. The van der Waals surface area contributed by atoms with Crippen LogP contribution >= 0.6 is 0 Å². The number of pyridine rings is 1. The molecule has 0 amide bonds. The van der Waals surface area contributed by atoms with Gasteiger partial charge < -0.3 is 5.11 Å². The molecule has 2 atom stereocenters. The number of hydrogen-bond acceptors (Lipinski definition) is 2. The van der Waals surface area contributed by atoms with E-state index >= 15 is 0 Å². The smallest absolute Gasteiger partial charge is 0.309 e. The van der Waals surface area contributed by atoms with Crippen LogP contribution in [0.15, 0.2) is 18.5 Å². The Morgan fingerprint density at radius 1 is 1.47 bits per heavy atom. The predicted molar refractivity (Wildman–Crippen MR) is 63.6 cm³/mol. The van der Waals surface area contributed by atoms with E-state index in [9.17, 15) is 9.90 Å². The van der Waals surface area contributed by atoms with E-state index in [1.54, 1.807) is 0 Å². The Balaban J connectivity index is 1.84. The van der Waals surface area contributed by atoms with Gasteiger partial charge in [-0.1, -0.05) is 6.07 Å². The first-order valence-electron chi connectivity index (χ1n) is 6.23. The molecule has 2 fully saturated rings. The largest absolute Gasteiger partial charge is 0.481 e. The number of fused-ring (bicyclic) bond motifs is 1. The quantitative estimate of drug-likeness (QED) is 0.869. The minimum atomic E-state index is -0.619. The van der Waals surface area contributed by atoms with E-state index in [-0.39, 0.29) is 0 Å². The molecule has 0 bridgehead atoms. The van der Waals surface area contributed by atoms with Gasteiger partial charge in [0, 0.05) is 12.4 Å². The van der Waals surface area contributed by atoms with Gasteiger partial charge in [-0.15, -0.1) is 0 Å². The molecule has 1 aromatic heterocycles. The first kappa shape index (κ1) is 10.8. The van der Waals surface area contributed by atoms with Crippen molar-refractivity contribution in [2.24, 2.45) is 17.3 Å². The lowest BCUT2D eigenvalue weighted by Crippen LogP contribution is -2.32. The van der Waals surface area contributed by atoms with Crippen molar-refractivity contribution in [1.29, 1.82) is 0 Å². The topological polar surface area (TPSA) is 50.2 Å². The van der Waals surface area contributed by atoms with Crippen molar-refractivity contribution in [3.63, 3.8) is 0 Å². The molecule has 3 nitrogen and oxygen atoms in total. The number of carboxylic acid groups (broad SMARTS) is 1. The Hall–Kier alpha value is -1.38. The average Bonchev–Trinajstić information content (AvgIpc) is 2.87. The van der Waals surface area contributed by atoms with Gasteiger partial charge in [0.2, 0.25) is 0 Å². The van der Waals surface area contributed by atoms with Crippen LogP contribution in [0.4, 0.5) is 0 Å². The molecule has 0 aromatic carbocycles. The van der Waals surface area contributed by atoms with Crippen LogP contribution in [0.1, 0.15) is 30.4 Å². The second kappa shape index (κ2) is 3.56. The molecule has 0 saturated heterocycles. The van der Waals surface area contributed by atoms with E-state index in [1.807, 2.05) is 19.3 Å². The molecule has 2 aliphatic carbocycles. The van der Waals surface area contributed by atoms with Crippen LogP contribution < -0.4 is 0 Å². The van der Waals surface area contributed by atoms with E-state index in [0.29, 0.717) is 18.3 Å². The maximum absolute atomic E-state index is 11.6. The van der Waals surface area contributed by atoms with Crippen molar-refractivity contribution in [1.82, 2.24) is 4.98 Å². The van der Waals surface area contributed by atoms with Crippen molar-refractivity contribution in [2.45, 2.75) is 32.6 Å². The summed E-state index contributed by atoms with van der Waals surface area (Å²) in [4.78, 5) is 15.7. The highest BCUT2D eigenvalue weighted by Gasteiger charge is 2.57. The number of nitrogens with zero attached hydrogens (tertiary/aromatic N) is 1. The molecule has 17 heavy (non-hydrogen) atoms. The first-order chi connectivity index (χ1) is 8.09. The normalized spacial score (nSPS) is 34.4. The molecule has 3 heteroatoms. The SMILES string of the molecule is Cc1cncc(CC2(C(=O)O)CC3CC3C2)c1. The predicted octanol–water partition coefficient (Wildman–Crippen LogP) is 2.43. The van der Waals surface area contributed by atoms with Crippen LogP contribution in [-0.4, -0.2) is 16.1 Å². The Bertz CT molecular complexity index is 459. The Morgan fingerprint density at radius 2 is 2.18 bits per heavy atom. The molecule has 0 radical (unpaired) electrons. The lowest BCUT2D eigenvalue weighted by atomic mass is 9.78. The lowest BCUT2D eigenvalue weighted by molar-refractivity contribution is -0.149. The molecule has 2 aliphatic rings. The van der Waals surface area contributed by atoms with Crippen LogP contribution in [0, 0.1) is 24.2 Å². The molecule has 1 N–H and O–H groups in total. The van der Waals surface area contributed by atoms with Gasteiger partial charge in [-0.05, 0) is 55.6 Å². The maximum Gasteiger partial charge on any atom is 0.309 e. The van der Waals surface area contributed by atoms with Gasteiger partial charge >= 0.3 is 5.97 Å². The van der Waals surface area contributed by atoms with Gasteiger partial charge in [0.05, 0.1) is 5.41 Å². The van der Waals surface area contributed by atoms with Gasteiger partial charge in [0.25, 0.3) is 0 Å². The Morgan fingerprint density at radius 3 is 2.76 bits per heavy atom. The first-order valence-corrected chi connectivity index (χ1v) is 6.23. The van der Waals surface area contributed by atoms with Crippen LogP contribution in [0.25, 0.3) is 0 Å². The zero-order valence-electron chi connectivity index (χ0n) is 10.0. The summed E-state index contributed by atoms with van der Waals surface area (Å²) in [6, 6.07) is 2.06. The Labute approximate surface area is 101 Å². The molecule has 1 heterocycles. The van der Waals surface area contributed by atoms with Gasteiger partial charge in [0.15, 0.2) is 0 Å². The van der Waals surface area contributed by atoms with Gasteiger partial charge in [-0.2, -0.15) is 0 Å². The molecule has 90 valence electrons. The zero-order valence-corrected chi connectivity index (χ0v) is 10.0. The van der Waals surface area contributed by atoms with Crippen molar-refractivity contribution < 1.29 is 9.90 Å². The van der Waals surface area contributed by atoms with E-state index in [4.69, 9.17) is 0 Å². The fourth-order valence-corrected chi connectivity index (χ4v) is 3.40. The summed E-state index contributed by atoms with van der Waals surface area (Å²) >= 11 is 0. The van der Waals surface area contributed by atoms with Gasteiger partial charge in [0.1, 0.15) is 0 Å². The zero-order chi connectivity index (χ0) is 12.0. The van der Waals surface area contributed by atoms with Gasteiger partial charge in [-0.25, -0.2) is 0 Å². The Kier molecular flexibility index (Phi) is 2.25. The van der Waals surface area contributed by atoms with Crippen LogP contribution in [-0.2, 0) is 11.2 Å². The fourth-order valence-electron chi connectivity index (χ4n) is 3.40. The van der Waals surface area contributed by atoms with Gasteiger partial charge in [-0.3, -0.25) is 9.78 Å². The van der Waals surface area contributed by atoms with E-state index < -0.39 is 11.4 Å². The molecular weight excluding hydrogens is 214 g/mol. The highest BCUT2D eigenvalue weighted by Crippen LogP contribution is 2.60. The summed E-state index contributed by atoms with van der Waals surface area (Å²) in [5.41, 5.74) is 1.66. The number of aryl methyl sites for hydroxylation is 1. The lowest BCUT2D eigenvalue weighted by Gasteiger charge is -2.25. The molecule has 0 spiro atoms. The third-order valence-corrected chi connectivity index (χ3v) is 4.30. The molecular formula is C14H17NO2. The van der Waals surface area contributed by atoms with Crippen molar-refractivity contribution in [3.05, 3.63) is 29.6 Å². The second-order valence-electron chi connectivity index (χ2n) is 5.80. The van der Waals surface area contributed by atoms with Crippen molar-refractivity contribution in [2.75, 3.05) is 0 Å². The van der Waals surface area contributed by atoms with Crippen LogP contribution in [0.2, 0.25) is 0 Å². The van der Waals surface area contributed by atoms with E-state index in [0.717, 1.165) is 24.0 Å². The van der Waals surface area contributed by atoms with Crippen LogP contribution in [0.3, 0.4) is 0 Å². The summed E-state index contributed by atoms with van der Waals surface area (Å²) < 4.78 is 0. The summed E-state index contributed by atoms with van der Waals surface area (Å²) in [5.74, 6) is 0.749. The number of carbonyl (C=O) groups is 1. The average molecular weight is 231 g/mol. The number of aliphatic carboxylic acids is 1. The second-order valence-corrected chi connectivity index (χ2v) is 5.80. The highest BCUT2D eigenvalue weighted by atomic mass is 16.4. The van der Waals surface area contributed by atoms with Crippen LogP contribution in [0.5, 0.6) is 0 Å². The molecule has 0 aliphatic heterocycles. The monoisotopic (exact) mass is 231 g/mol. The van der Waals surface area contributed by atoms with E-state index in [2.05, 4.69) is 11.1 Å². The number of aromatic nitrogens is 1. The van der Waals surface area contributed by atoms with Crippen molar-refractivity contribution >= 4 is 5.97 Å². The highest BCUT2D eigenvalue weighted by molar-refractivity contribution is 5.76. The standard InChI is InChI=1S/C14H17NO2/c1-9-2-10(8-15-7-9)4-14(13(16)17)5-11-3-12(11)6-14/h2,7-8,11-12H,3-6H2,1H3,(H,16,17). The minimum Gasteiger partial charge on any atom is -0.481 e. The number of hydrogen-bond donors (Lipinski definition) is 1. The summed E-state index contributed by atoms with van der Waals surface area (Å²) in [6.45, 7) is 2.00. The molecule has 1 aromatic rings. The number of carboxylic acids is 1. The molecule has 2 saturated carbocycles. The molecule has 2 unspecified atom stereocenters. The van der Waals surface area contributed by atoms with Crippen molar-refractivity contribution in [3.8, 4) is 0 Å². The number of rotatable bonds is 3. The minimum absolute atomic E-state index is 0.511. The fraction of sp³-hybridized carbons (Fsp3) is 0.571. The maximum atomic E-state index is 11.6. The summed E-state index contributed by atoms with van der Waals surface area (Å²) in [5, 5.41) is 9.51.